The molecule has 0 spiro atoms. The van der Waals surface area contributed by atoms with Gasteiger partial charge in [-0.1, -0.05) is 0 Å². The highest BCUT2D eigenvalue weighted by Gasteiger charge is 2.24. The highest BCUT2D eigenvalue weighted by atomic mass is 32.2. The predicted molar refractivity (Wildman–Crippen MR) is 72.9 cm³/mol. The van der Waals surface area contributed by atoms with Gasteiger partial charge in [-0.15, -0.1) is 11.8 Å². The summed E-state index contributed by atoms with van der Waals surface area (Å²) in [7, 11) is 3.01. The van der Waals surface area contributed by atoms with E-state index >= 15 is 0 Å². The number of esters is 1. The zero-order valence-electron chi connectivity index (χ0n) is 11.4. The molecule has 5 nitrogen and oxygen atoms in total. The molecule has 1 N–H and O–H groups in total. The lowest BCUT2D eigenvalue weighted by Crippen LogP contribution is -2.16. The first-order chi connectivity index (χ1) is 9.08. The van der Waals surface area contributed by atoms with Gasteiger partial charge in [-0.2, -0.15) is 0 Å². The molecule has 0 aliphatic rings. The molecule has 0 aromatic heterocycles. The first-order valence-corrected chi connectivity index (χ1v) is 6.96. The summed E-state index contributed by atoms with van der Waals surface area (Å²) in [5.74, 6) is 0.289. The van der Waals surface area contributed by atoms with Gasteiger partial charge in [0.15, 0.2) is 6.10 Å². The van der Waals surface area contributed by atoms with E-state index in [0.29, 0.717) is 17.1 Å². The van der Waals surface area contributed by atoms with Crippen LogP contribution < -0.4 is 9.47 Å². The van der Waals surface area contributed by atoms with E-state index in [9.17, 15) is 9.90 Å². The molecule has 0 saturated carbocycles. The van der Waals surface area contributed by atoms with Crippen molar-refractivity contribution in [3.8, 4) is 11.5 Å². The fourth-order valence-corrected chi connectivity index (χ4v) is 2.18. The molecule has 0 amide bonds. The van der Waals surface area contributed by atoms with Crippen molar-refractivity contribution in [2.24, 2.45) is 0 Å². The minimum Gasteiger partial charge on any atom is -0.496 e. The Labute approximate surface area is 116 Å². The van der Waals surface area contributed by atoms with Crippen LogP contribution in [0.15, 0.2) is 17.0 Å². The van der Waals surface area contributed by atoms with E-state index in [1.807, 2.05) is 6.26 Å². The van der Waals surface area contributed by atoms with Crippen molar-refractivity contribution in [1.82, 2.24) is 0 Å². The summed E-state index contributed by atoms with van der Waals surface area (Å²) in [6.07, 6.45) is 0.512. The molecule has 106 valence electrons. The molecule has 0 aliphatic carbocycles. The Morgan fingerprint density at radius 1 is 1.32 bits per heavy atom. The summed E-state index contributed by atoms with van der Waals surface area (Å²) in [5.41, 5.74) is 0.329. The van der Waals surface area contributed by atoms with Crippen molar-refractivity contribution in [1.29, 1.82) is 0 Å². The standard InChI is InChI=1S/C13H18O5S/c1-5-18-13(15)12(14)8-6-10(17-3)11(19-4)7-9(8)16-2/h6-7,12,14H,5H2,1-4H3. The van der Waals surface area contributed by atoms with Crippen molar-refractivity contribution in [2.45, 2.75) is 17.9 Å². The minimum absolute atomic E-state index is 0.207. The maximum Gasteiger partial charge on any atom is 0.339 e. The number of benzene rings is 1. The second kappa shape index (κ2) is 7.25. The Bertz CT molecular complexity index is 447. The first-order valence-electron chi connectivity index (χ1n) is 5.73. The second-order valence-corrected chi connectivity index (χ2v) is 4.45. The van der Waals surface area contributed by atoms with Crippen LogP contribution in [0.25, 0.3) is 0 Å². The average molecular weight is 286 g/mol. The molecule has 1 atom stereocenters. The number of thioether (sulfide) groups is 1. The van der Waals surface area contributed by atoms with Crippen molar-refractivity contribution in [3.63, 3.8) is 0 Å². The Balaban J connectivity index is 3.21. The Hall–Kier alpha value is -1.40. The first kappa shape index (κ1) is 15.7. The Morgan fingerprint density at radius 3 is 2.42 bits per heavy atom. The number of methoxy groups -OCH3 is 2. The third kappa shape index (κ3) is 3.54. The summed E-state index contributed by atoms with van der Waals surface area (Å²) in [6.45, 7) is 1.89. The zero-order chi connectivity index (χ0) is 14.4. The van der Waals surface area contributed by atoms with Crippen molar-refractivity contribution >= 4 is 17.7 Å². The van der Waals surface area contributed by atoms with Crippen LogP contribution in [0.4, 0.5) is 0 Å². The van der Waals surface area contributed by atoms with E-state index in [-0.39, 0.29) is 6.61 Å². The number of ether oxygens (including phenoxy) is 3. The van der Waals surface area contributed by atoms with Gasteiger partial charge in [-0.3, -0.25) is 0 Å². The molecule has 0 fully saturated rings. The Morgan fingerprint density at radius 2 is 1.95 bits per heavy atom. The number of carbonyl (C=O) groups is 1. The Kier molecular flexibility index (Phi) is 5.98. The number of aliphatic hydroxyl groups is 1. The van der Waals surface area contributed by atoms with Gasteiger partial charge in [-0.05, 0) is 25.3 Å². The highest BCUT2D eigenvalue weighted by molar-refractivity contribution is 7.98. The van der Waals surface area contributed by atoms with Crippen LogP contribution >= 0.6 is 11.8 Å². The third-order valence-electron chi connectivity index (χ3n) is 2.54. The quantitative estimate of drug-likeness (QED) is 0.637. The fourth-order valence-electron chi connectivity index (χ4n) is 1.61. The average Bonchev–Trinajstić information content (AvgIpc) is 2.45. The number of aliphatic hydroxyl groups excluding tert-OH is 1. The van der Waals surface area contributed by atoms with E-state index in [4.69, 9.17) is 14.2 Å². The third-order valence-corrected chi connectivity index (χ3v) is 3.30. The number of hydrogen-bond donors (Lipinski definition) is 1. The normalized spacial score (nSPS) is 11.8. The smallest absolute Gasteiger partial charge is 0.339 e. The van der Waals surface area contributed by atoms with Crippen LogP contribution in [0.3, 0.4) is 0 Å². The van der Waals surface area contributed by atoms with Gasteiger partial charge in [0, 0.05) is 5.56 Å². The molecule has 19 heavy (non-hydrogen) atoms. The minimum atomic E-state index is -1.39. The topological polar surface area (TPSA) is 65.0 Å². The molecule has 0 bridgehead atoms. The van der Waals surface area contributed by atoms with Crippen LogP contribution in [0.5, 0.6) is 11.5 Å². The lowest BCUT2D eigenvalue weighted by atomic mass is 10.1. The van der Waals surface area contributed by atoms with Crippen LogP contribution in [0.1, 0.15) is 18.6 Å². The molecule has 6 heteroatoms. The van der Waals surface area contributed by atoms with Gasteiger partial charge in [-0.25, -0.2) is 4.79 Å². The van der Waals surface area contributed by atoms with E-state index in [1.165, 1.54) is 26.0 Å². The van der Waals surface area contributed by atoms with Gasteiger partial charge in [0.25, 0.3) is 0 Å². The van der Waals surface area contributed by atoms with Gasteiger partial charge in [0.05, 0.1) is 25.7 Å². The molecule has 0 saturated heterocycles. The molecule has 1 rings (SSSR count). The largest absolute Gasteiger partial charge is 0.496 e. The molecular formula is C13H18O5S. The van der Waals surface area contributed by atoms with Gasteiger partial charge < -0.3 is 19.3 Å². The van der Waals surface area contributed by atoms with Gasteiger partial charge in [0.2, 0.25) is 0 Å². The van der Waals surface area contributed by atoms with Crippen molar-refractivity contribution in [2.75, 3.05) is 27.1 Å². The molecule has 0 aliphatic heterocycles. The van der Waals surface area contributed by atoms with E-state index in [2.05, 4.69) is 0 Å². The SMILES string of the molecule is CCOC(=O)C(O)c1cc(OC)c(SC)cc1OC. The summed E-state index contributed by atoms with van der Waals surface area (Å²) >= 11 is 1.49. The summed E-state index contributed by atoms with van der Waals surface area (Å²) in [5, 5.41) is 10.00. The molecule has 0 radical (unpaired) electrons. The molecule has 0 heterocycles. The molecule has 1 aromatic carbocycles. The predicted octanol–water partition coefficient (Wildman–Crippen LogP) is 2.02. The van der Waals surface area contributed by atoms with Crippen LogP contribution in [-0.4, -0.2) is 38.2 Å². The van der Waals surface area contributed by atoms with Crippen LogP contribution in [0, 0.1) is 0 Å². The molecule has 1 unspecified atom stereocenters. The van der Waals surface area contributed by atoms with Gasteiger partial charge in [0.1, 0.15) is 11.5 Å². The van der Waals surface area contributed by atoms with Crippen molar-refractivity contribution in [3.05, 3.63) is 17.7 Å². The zero-order valence-corrected chi connectivity index (χ0v) is 12.2. The maximum atomic E-state index is 11.6. The van der Waals surface area contributed by atoms with Crippen molar-refractivity contribution < 1.29 is 24.1 Å². The monoisotopic (exact) mass is 286 g/mol. The molecular weight excluding hydrogens is 268 g/mol. The van der Waals surface area contributed by atoms with E-state index in [0.717, 1.165) is 4.90 Å². The van der Waals surface area contributed by atoms with Gasteiger partial charge >= 0.3 is 5.97 Å². The van der Waals surface area contributed by atoms with E-state index in [1.54, 1.807) is 19.1 Å². The second-order valence-electron chi connectivity index (χ2n) is 3.60. The summed E-state index contributed by atoms with van der Waals surface area (Å²) in [6, 6.07) is 3.31. The van der Waals surface area contributed by atoms with Crippen LogP contribution in [-0.2, 0) is 9.53 Å². The maximum absolute atomic E-state index is 11.6. The lowest BCUT2D eigenvalue weighted by molar-refractivity contribution is -0.153. The highest BCUT2D eigenvalue weighted by Crippen LogP contribution is 2.37. The van der Waals surface area contributed by atoms with Crippen LogP contribution in [0.2, 0.25) is 0 Å². The summed E-state index contributed by atoms with van der Waals surface area (Å²) < 4.78 is 15.2. The summed E-state index contributed by atoms with van der Waals surface area (Å²) in [4.78, 5) is 12.5. The fraction of sp³-hybridized carbons (Fsp3) is 0.462. The number of carbonyl (C=O) groups excluding carboxylic acids is 1. The molecule has 1 aromatic rings. The lowest BCUT2D eigenvalue weighted by Gasteiger charge is -2.16. The number of hydrogen-bond acceptors (Lipinski definition) is 6. The number of rotatable bonds is 6. The van der Waals surface area contributed by atoms with E-state index < -0.39 is 12.1 Å².